The fourth-order valence-electron chi connectivity index (χ4n) is 5.96. The zero-order valence-electron chi connectivity index (χ0n) is 22.2. The number of hydrogen-bond acceptors (Lipinski definition) is 5. The number of benzene rings is 3. The summed E-state index contributed by atoms with van der Waals surface area (Å²) in [5.74, 6) is 0.628. The van der Waals surface area contributed by atoms with Crippen LogP contribution in [0.25, 0.3) is 0 Å². The van der Waals surface area contributed by atoms with Gasteiger partial charge in [-0.15, -0.1) is 0 Å². The molecule has 40 heavy (non-hydrogen) atoms. The summed E-state index contributed by atoms with van der Waals surface area (Å²) in [6.45, 7) is 2.04. The van der Waals surface area contributed by atoms with Crippen LogP contribution in [0.3, 0.4) is 0 Å². The summed E-state index contributed by atoms with van der Waals surface area (Å²) in [7, 11) is -3.13. The van der Waals surface area contributed by atoms with Crippen molar-refractivity contribution in [1.29, 1.82) is 0 Å². The minimum absolute atomic E-state index is 0.0751. The van der Waals surface area contributed by atoms with Crippen molar-refractivity contribution in [3.05, 3.63) is 95.0 Å². The van der Waals surface area contributed by atoms with Crippen LogP contribution in [0.15, 0.2) is 83.9 Å². The van der Waals surface area contributed by atoms with Gasteiger partial charge in [0.15, 0.2) is 15.0 Å². The molecule has 3 aliphatic rings. The van der Waals surface area contributed by atoms with Crippen LogP contribution in [-0.4, -0.2) is 55.4 Å². The lowest BCUT2D eigenvalue weighted by atomic mass is 9.90. The average molecular weight is 594 g/mol. The van der Waals surface area contributed by atoms with Gasteiger partial charge in [-0.2, -0.15) is 4.99 Å². The third-order valence-corrected chi connectivity index (χ3v) is 11.5. The Kier molecular flexibility index (Phi) is 7.93. The summed E-state index contributed by atoms with van der Waals surface area (Å²) in [4.78, 5) is 21.8. The molecule has 208 valence electrons. The third kappa shape index (κ3) is 6.24. The Labute approximate surface area is 245 Å². The molecular formula is C31H32ClN3O3S2. The maximum atomic E-state index is 12.9. The fraction of sp³-hybridized carbons (Fsp3) is 0.355. The van der Waals surface area contributed by atoms with E-state index in [9.17, 15) is 13.2 Å². The molecular weight excluding hydrogens is 562 g/mol. The number of fused-ring (bicyclic) bond motifs is 1. The number of rotatable bonds is 6. The van der Waals surface area contributed by atoms with E-state index in [-0.39, 0.29) is 35.1 Å². The molecule has 3 aromatic rings. The summed E-state index contributed by atoms with van der Waals surface area (Å²) in [6, 6.07) is 26.0. The molecule has 0 saturated carbocycles. The van der Waals surface area contributed by atoms with Crippen LogP contribution in [0.4, 0.5) is 11.4 Å². The van der Waals surface area contributed by atoms with Gasteiger partial charge in [-0.05, 0) is 72.7 Å². The monoisotopic (exact) mass is 593 g/mol. The van der Waals surface area contributed by atoms with Gasteiger partial charge in [-0.1, -0.05) is 65.8 Å². The Morgan fingerprint density at radius 2 is 1.55 bits per heavy atom. The van der Waals surface area contributed by atoms with E-state index in [1.807, 2.05) is 29.2 Å². The van der Waals surface area contributed by atoms with Gasteiger partial charge in [-0.3, -0.25) is 4.79 Å². The van der Waals surface area contributed by atoms with Crippen molar-refractivity contribution in [2.45, 2.75) is 37.0 Å². The van der Waals surface area contributed by atoms with Crippen molar-refractivity contribution in [1.82, 2.24) is 0 Å². The summed E-state index contributed by atoms with van der Waals surface area (Å²) in [5.41, 5.74) is 4.29. The first-order valence-corrected chi connectivity index (χ1v) is 16.8. The topological polar surface area (TPSA) is 70.0 Å². The molecule has 0 radical (unpaired) electrons. The first-order valence-electron chi connectivity index (χ1n) is 13.7. The zero-order valence-corrected chi connectivity index (χ0v) is 24.5. The molecule has 3 fully saturated rings. The number of amidine groups is 1. The number of carbonyl (C=O) groups excluding carboxylic acids is 1. The second-order valence-electron chi connectivity index (χ2n) is 10.9. The molecule has 0 spiro atoms. The second-order valence-corrected chi connectivity index (χ2v) is 14.7. The molecule has 6 nitrogen and oxygen atoms in total. The molecule has 9 heteroatoms. The van der Waals surface area contributed by atoms with E-state index < -0.39 is 9.84 Å². The van der Waals surface area contributed by atoms with E-state index in [1.54, 1.807) is 12.1 Å². The van der Waals surface area contributed by atoms with Gasteiger partial charge in [0.2, 0.25) is 0 Å². The Balaban J connectivity index is 1.16. The molecule has 0 unspecified atom stereocenters. The predicted octanol–water partition coefficient (Wildman–Crippen LogP) is 5.64. The highest BCUT2D eigenvalue weighted by atomic mass is 35.5. The molecule has 0 aromatic heterocycles. The van der Waals surface area contributed by atoms with Crippen LogP contribution in [0.2, 0.25) is 5.02 Å². The molecule has 6 rings (SSSR count). The van der Waals surface area contributed by atoms with Gasteiger partial charge in [-0.25, -0.2) is 8.42 Å². The lowest BCUT2D eigenvalue weighted by molar-refractivity contribution is -0.117. The first kappa shape index (κ1) is 27.4. The van der Waals surface area contributed by atoms with E-state index in [1.165, 1.54) is 23.0 Å². The Bertz CT molecular complexity index is 1490. The second kappa shape index (κ2) is 11.6. The summed E-state index contributed by atoms with van der Waals surface area (Å²) >= 11 is 7.38. The quantitative estimate of drug-likeness (QED) is 0.368. The average Bonchev–Trinajstić information content (AvgIpc) is 3.41. The predicted molar refractivity (Wildman–Crippen MR) is 165 cm³/mol. The Morgan fingerprint density at radius 1 is 0.875 bits per heavy atom. The molecule has 3 aromatic carbocycles. The molecule has 3 heterocycles. The standard InChI is InChI=1S/C31H32ClN3O3S2/c32-25-8-6-23(7-9-25)19-30(36)33-31-35(28-20-40(37,38)21-29(28)39-31)27-12-10-26(11-13-27)34-16-14-24(15-17-34)18-22-4-2-1-3-5-22/h1-13,24,28-29H,14-21H2/t28-,29-/m0/s1. The summed E-state index contributed by atoms with van der Waals surface area (Å²) in [6.07, 6.45) is 3.62. The maximum absolute atomic E-state index is 12.9. The van der Waals surface area contributed by atoms with Gasteiger partial charge in [0.05, 0.1) is 24.0 Å². The molecule has 2 atom stereocenters. The number of thioether (sulfide) groups is 1. The minimum atomic E-state index is -3.13. The number of amides is 1. The van der Waals surface area contributed by atoms with Gasteiger partial charge in [0.25, 0.3) is 5.91 Å². The highest BCUT2D eigenvalue weighted by molar-refractivity contribution is 8.16. The molecule has 3 saturated heterocycles. The smallest absolute Gasteiger partial charge is 0.252 e. The number of piperidine rings is 1. The normalized spacial score (nSPS) is 23.5. The maximum Gasteiger partial charge on any atom is 0.252 e. The van der Waals surface area contributed by atoms with Crippen LogP contribution in [0.5, 0.6) is 0 Å². The van der Waals surface area contributed by atoms with Crippen molar-refractivity contribution < 1.29 is 13.2 Å². The zero-order chi connectivity index (χ0) is 27.7. The van der Waals surface area contributed by atoms with Crippen molar-refractivity contribution >= 4 is 55.6 Å². The number of sulfone groups is 1. The molecule has 0 aliphatic carbocycles. The number of halogens is 1. The summed E-state index contributed by atoms with van der Waals surface area (Å²) in [5, 5.41) is 1.07. The number of carbonyl (C=O) groups is 1. The fourth-order valence-corrected chi connectivity index (χ4v) is 10.0. The van der Waals surface area contributed by atoms with Crippen molar-refractivity contribution in [3.63, 3.8) is 0 Å². The van der Waals surface area contributed by atoms with Crippen LogP contribution >= 0.6 is 23.4 Å². The van der Waals surface area contributed by atoms with Crippen LogP contribution in [0.1, 0.15) is 24.0 Å². The van der Waals surface area contributed by atoms with Gasteiger partial charge in [0.1, 0.15) is 0 Å². The molecule has 1 amide bonds. The van der Waals surface area contributed by atoms with Crippen molar-refractivity contribution in [2.24, 2.45) is 10.9 Å². The molecule has 0 N–H and O–H groups in total. The van der Waals surface area contributed by atoms with E-state index in [4.69, 9.17) is 11.6 Å². The molecule has 3 aliphatic heterocycles. The van der Waals surface area contributed by atoms with Crippen LogP contribution in [0, 0.1) is 5.92 Å². The van der Waals surface area contributed by atoms with Gasteiger partial charge >= 0.3 is 0 Å². The molecule has 0 bridgehead atoms. The Morgan fingerprint density at radius 3 is 2.25 bits per heavy atom. The highest BCUT2D eigenvalue weighted by Gasteiger charge is 2.49. The van der Waals surface area contributed by atoms with E-state index in [0.29, 0.717) is 16.1 Å². The first-order chi connectivity index (χ1) is 19.3. The van der Waals surface area contributed by atoms with Gasteiger partial charge in [0, 0.05) is 34.7 Å². The van der Waals surface area contributed by atoms with Gasteiger partial charge < -0.3 is 9.80 Å². The highest BCUT2D eigenvalue weighted by Crippen LogP contribution is 2.41. The number of aliphatic imine (C=N–C) groups is 1. The third-order valence-electron chi connectivity index (χ3n) is 8.03. The summed E-state index contributed by atoms with van der Waals surface area (Å²) < 4.78 is 24.9. The van der Waals surface area contributed by atoms with E-state index >= 15 is 0 Å². The SMILES string of the molecule is O=C(Cc1ccc(Cl)cc1)N=C1S[C@H]2CS(=O)(=O)C[C@@H]2N1c1ccc(N2CCC(Cc3ccccc3)CC2)cc1. The minimum Gasteiger partial charge on any atom is -0.372 e. The Hall–Kier alpha value is -2.81. The van der Waals surface area contributed by atoms with E-state index in [0.717, 1.165) is 43.6 Å². The largest absolute Gasteiger partial charge is 0.372 e. The van der Waals surface area contributed by atoms with E-state index in [2.05, 4.69) is 52.4 Å². The number of nitrogens with zero attached hydrogens (tertiary/aromatic N) is 3. The number of hydrogen-bond donors (Lipinski definition) is 0. The number of anilines is 2. The lowest BCUT2D eigenvalue weighted by Gasteiger charge is -2.34. The lowest BCUT2D eigenvalue weighted by Crippen LogP contribution is -2.38. The van der Waals surface area contributed by atoms with Crippen LogP contribution in [-0.2, 0) is 27.5 Å². The van der Waals surface area contributed by atoms with Crippen molar-refractivity contribution in [2.75, 3.05) is 34.4 Å². The van der Waals surface area contributed by atoms with Crippen LogP contribution < -0.4 is 9.80 Å². The van der Waals surface area contributed by atoms with Crippen molar-refractivity contribution in [3.8, 4) is 0 Å².